The number of carbonyl (C=O) groups is 1. The van der Waals surface area contributed by atoms with Crippen molar-refractivity contribution in [1.82, 2.24) is 14.5 Å². The number of amides is 1. The van der Waals surface area contributed by atoms with Gasteiger partial charge in [-0.15, -0.1) is 0 Å². The Morgan fingerprint density at radius 1 is 1.00 bits per heavy atom. The zero-order valence-corrected chi connectivity index (χ0v) is 20.2. The normalized spacial score (nSPS) is 13.4. The molecule has 0 aliphatic carbocycles. The van der Waals surface area contributed by atoms with Gasteiger partial charge in [-0.1, -0.05) is 12.8 Å². The largest absolute Gasteiger partial charge is 0.493 e. The fraction of sp³-hybridized carbons (Fsp3) is 0.286. The molecule has 0 radical (unpaired) electrons. The number of hydrogen-bond acceptors (Lipinski definition) is 6. The molecule has 0 fully saturated rings. The topological polar surface area (TPSA) is 95.3 Å². The Morgan fingerprint density at radius 2 is 1.83 bits per heavy atom. The summed E-state index contributed by atoms with van der Waals surface area (Å²) in [5.41, 5.74) is 2.48. The van der Waals surface area contributed by atoms with Crippen LogP contribution in [0.2, 0.25) is 0 Å². The van der Waals surface area contributed by atoms with E-state index in [1.54, 1.807) is 60.5 Å². The number of pyridine rings is 1. The Labute approximate surface area is 208 Å². The monoisotopic (exact) mass is 484 g/mol. The molecule has 0 saturated carbocycles. The van der Waals surface area contributed by atoms with E-state index in [1.165, 1.54) is 0 Å². The van der Waals surface area contributed by atoms with E-state index in [-0.39, 0.29) is 11.5 Å². The van der Waals surface area contributed by atoms with Crippen LogP contribution in [0.1, 0.15) is 47.4 Å². The van der Waals surface area contributed by atoms with Crippen LogP contribution in [0.25, 0.3) is 10.9 Å². The number of ether oxygens (including phenoxy) is 2. The van der Waals surface area contributed by atoms with Crippen molar-refractivity contribution >= 4 is 22.5 Å². The minimum atomic E-state index is -0.296. The van der Waals surface area contributed by atoms with Crippen LogP contribution in [0.3, 0.4) is 0 Å². The zero-order valence-electron chi connectivity index (χ0n) is 20.2. The molecule has 2 aromatic heterocycles. The van der Waals surface area contributed by atoms with Gasteiger partial charge in [-0.25, -0.2) is 4.98 Å². The molecule has 0 atom stereocenters. The number of aryl methyl sites for hydroxylation is 1. The highest BCUT2D eigenvalue weighted by Gasteiger charge is 2.16. The van der Waals surface area contributed by atoms with Crippen molar-refractivity contribution in [1.29, 1.82) is 0 Å². The van der Waals surface area contributed by atoms with Crippen LogP contribution in [0.4, 0.5) is 5.69 Å². The molecule has 0 bridgehead atoms. The number of methoxy groups -OCH3 is 1. The number of anilines is 1. The first kappa shape index (κ1) is 23.5. The van der Waals surface area contributed by atoms with Gasteiger partial charge in [-0.05, 0) is 60.9 Å². The summed E-state index contributed by atoms with van der Waals surface area (Å²) < 4.78 is 13.1. The lowest BCUT2D eigenvalue weighted by Gasteiger charge is -2.16. The molecule has 184 valence electrons. The molecule has 1 aliphatic heterocycles. The van der Waals surface area contributed by atoms with Crippen LogP contribution in [0.15, 0.2) is 65.7 Å². The summed E-state index contributed by atoms with van der Waals surface area (Å²) in [7, 11) is 1.57. The number of carbonyl (C=O) groups excluding carboxylic acids is 1. The summed E-state index contributed by atoms with van der Waals surface area (Å²) in [6, 6.07) is 14.0. The average molecular weight is 485 g/mol. The molecule has 0 spiro atoms. The molecular formula is C28H28N4O4. The lowest BCUT2D eigenvalue weighted by molar-refractivity contribution is 0.102. The maximum atomic E-state index is 13.1. The molecule has 1 aliphatic rings. The summed E-state index contributed by atoms with van der Waals surface area (Å²) in [6.45, 7) is 1.04. The minimum Gasteiger partial charge on any atom is -0.493 e. The highest BCUT2D eigenvalue weighted by Crippen LogP contribution is 2.31. The number of nitrogens with one attached hydrogen (secondary N) is 1. The van der Waals surface area contributed by atoms with Crippen molar-refractivity contribution < 1.29 is 14.3 Å². The van der Waals surface area contributed by atoms with Crippen LogP contribution in [-0.2, 0) is 19.6 Å². The number of nitrogens with zero attached hydrogens (tertiary/aromatic N) is 3. The molecule has 0 unspecified atom stereocenters. The number of fused-ring (bicyclic) bond motifs is 2. The summed E-state index contributed by atoms with van der Waals surface area (Å²) in [4.78, 5) is 34.9. The van der Waals surface area contributed by atoms with Crippen molar-refractivity contribution in [3.05, 3.63) is 88.2 Å². The first-order valence-corrected chi connectivity index (χ1v) is 12.2. The maximum Gasteiger partial charge on any atom is 0.261 e. The van der Waals surface area contributed by atoms with E-state index in [2.05, 4.69) is 10.3 Å². The van der Waals surface area contributed by atoms with E-state index in [4.69, 9.17) is 14.5 Å². The Bertz CT molecular complexity index is 1450. The van der Waals surface area contributed by atoms with E-state index in [1.807, 2.05) is 12.1 Å². The third-order valence-electron chi connectivity index (χ3n) is 6.39. The second-order valence-corrected chi connectivity index (χ2v) is 8.84. The van der Waals surface area contributed by atoms with Gasteiger partial charge in [0.25, 0.3) is 11.5 Å². The van der Waals surface area contributed by atoms with E-state index < -0.39 is 0 Å². The summed E-state index contributed by atoms with van der Waals surface area (Å²) >= 11 is 0. The van der Waals surface area contributed by atoms with Gasteiger partial charge in [0.1, 0.15) is 12.4 Å². The molecule has 2 aromatic carbocycles. The van der Waals surface area contributed by atoms with Crippen LogP contribution in [0.5, 0.6) is 11.5 Å². The number of benzene rings is 2. The fourth-order valence-electron chi connectivity index (χ4n) is 4.45. The number of hydrogen-bond donors (Lipinski definition) is 1. The molecule has 0 saturated heterocycles. The van der Waals surface area contributed by atoms with Crippen molar-refractivity contribution in [2.45, 2.75) is 45.3 Å². The van der Waals surface area contributed by atoms with Gasteiger partial charge in [0, 0.05) is 42.7 Å². The van der Waals surface area contributed by atoms with Crippen LogP contribution >= 0.6 is 0 Å². The van der Waals surface area contributed by atoms with E-state index >= 15 is 0 Å². The molecule has 8 nitrogen and oxygen atoms in total. The minimum absolute atomic E-state index is 0.0324. The van der Waals surface area contributed by atoms with Gasteiger partial charge in [-0.3, -0.25) is 19.1 Å². The van der Waals surface area contributed by atoms with Crippen LogP contribution in [0, 0.1) is 0 Å². The smallest absolute Gasteiger partial charge is 0.261 e. The van der Waals surface area contributed by atoms with Gasteiger partial charge < -0.3 is 14.8 Å². The summed E-state index contributed by atoms with van der Waals surface area (Å²) in [6.07, 6.45) is 8.46. The van der Waals surface area contributed by atoms with Gasteiger partial charge in [-0.2, -0.15) is 0 Å². The standard InChI is InChI=1S/C28H28N4O4/c1-35-24-10-8-21(17-25(24)36-18-19-11-13-29-14-12-19)30-27(33)20-7-9-22-23(16-20)31-26-6-4-2-3-5-15-32(26)28(22)34/h7-14,16-17H,2-6,15,18H2,1H3,(H,30,33). The highest BCUT2D eigenvalue weighted by molar-refractivity contribution is 6.06. The molecule has 3 heterocycles. The lowest BCUT2D eigenvalue weighted by Crippen LogP contribution is -2.26. The van der Waals surface area contributed by atoms with E-state index in [0.29, 0.717) is 46.8 Å². The van der Waals surface area contributed by atoms with E-state index in [0.717, 1.165) is 43.5 Å². The molecule has 36 heavy (non-hydrogen) atoms. The van der Waals surface area contributed by atoms with Crippen molar-refractivity contribution in [2.75, 3.05) is 12.4 Å². The third-order valence-corrected chi connectivity index (χ3v) is 6.39. The zero-order chi connectivity index (χ0) is 24.9. The lowest BCUT2D eigenvalue weighted by atomic mass is 10.1. The highest BCUT2D eigenvalue weighted by atomic mass is 16.5. The second kappa shape index (κ2) is 10.6. The third kappa shape index (κ3) is 5.07. The van der Waals surface area contributed by atoms with Gasteiger partial charge in [0.2, 0.25) is 0 Å². The summed E-state index contributed by atoms with van der Waals surface area (Å²) in [5, 5.41) is 3.45. The predicted molar refractivity (Wildman–Crippen MR) is 138 cm³/mol. The first-order valence-electron chi connectivity index (χ1n) is 12.2. The molecule has 1 N–H and O–H groups in total. The molecule has 8 heteroatoms. The summed E-state index contributed by atoms with van der Waals surface area (Å²) in [5.74, 6) is 1.58. The second-order valence-electron chi connectivity index (χ2n) is 8.84. The van der Waals surface area contributed by atoms with E-state index in [9.17, 15) is 9.59 Å². The maximum absolute atomic E-state index is 13.1. The Hall–Kier alpha value is -4.20. The quantitative estimate of drug-likeness (QED) is 0.424. The SMILES string of the molecule is COc1ccc(NC(=O)c2ccc3c(=O)n4c(nc3c2)CCCCCC4)cc1OCc1ccncc1. The number of aromatic nitrogens is 3. The Balaban J connectivity index is 1.37. The molecule has 1 amide bonds. The molecular weight excluding hydrogens is 456 g/mol. The van der Waals surface area contributed by atoms with Crippen molar-refractivity contribution in [3.63, 3.8) is 0 Å². The van der Waals surface area contributed by atoms with Gasteiger partial charge >= 0.3 is 0 Å². The van der Waals surface area contributed by atoms with Gasteiger partial charge in [0.15, 0.2) is 11.5 Å². The Morgan fingerprint density at radius 3 is 2.67 bits per heavy atom. The Kier molecular flexibility index (Phi) is 6.93. The van der Waals surface area contributed by atoms with Crippen LogP contribution < -0.4 is 20.3 Å². The number of rotatable bonds is 6. The van der Waals surface area contributed by atoms with Crippen LogP contribution in [-0.4, -0.2) is 27.6 Å². The predicted octanol–water partition coefficient (Wildman–Crippen LogP) is 4.75. The van der Waals surface area contributed by atoms with Crippen molar-refractivity contribution in [2.24, 2.45) is 0 Å². The first-order chi connectivity index (χ1) is 17.6. The molecule has 5 rings (SSSR count). The molecule has 4 aromatic rings. The average Bonchev–Trinajstić information content (AvgIpc) is 2.89. The van der Waals surface area contributed by atoms with Crippen molar-refractivity contribution in [3.8, 4) is 11.5 Å². The fourth-order valence-corrected chi connectivity index (χ4v) is 4.45. The van der Waals surface area contributed by atoms with Gasteiger partial charge in [0.05, 0.1) is 18.0 Å².